The van der Waals surface area contributed by atoms with E-state index in [1.807, 2.05) is 0 Å². The fourth-order valence-electron chi connectivity index (χ4n) is 2.66. The molecule has 2 fully saturated rings. The van der Waals surface area contributed by atoms with Crippen molar-refractivity contribution in [2.75, 3.05) is 71.4 Å². The van der Waals surface area contributed by atoms with E-state index in [2.05, 4.69) is 5.32 Å². The summed E-state index contributed by atoms with van der Waals surface area (Å²) in [6.07, 6.45) is -0.419. The molecule has 0 radical (unpaired) electrons. The van der Waals surface area contributed by atoms with E-state index in [0.717, 1.165) is 0 Å². The van der Waals surface area contributed by atoms with Gasteiger partial charge in [-0.1, -0.05) is 0 Å². The van der Waals surface area contributed by atoms with E-state index >= 15 is 0 Å². The van der Waals surface area contributed by atoms with E-state index in [4.69, 9.17) is 9.47 Å². The van der Waals surface area contributed by atoms with E-state index in [0.29, 0.717) is 46.0 Å². The van der Waals surface area contributed by atoms with Gasteiger partial charge in [-0.15, -0.1) is 0 Å². The molecule has 0 spiro atoms. The summed E-state index contributed by atoms with van der Waals surface area (Å²) in [5.74, 6) is -0.164. The molecule has 0 aromatic carbocycles. The van der Waals surface area contributed by atoms with E-state index in [-0.39, 0.29) is 31.4 Å². The Morgan fingerprint density at radius 2 is 1.68 bits per heavy atom. The third-order valence-corrected chi connectivity index (χ3v) is 5.96. The van der Waals surface area contributed by atoms with Crippen molar-refractivity contribution in [3.05, 3.63) is 0 Å². The highest BCUT2D eigenvalue weighted by atomic mass is 32.2. The molecule has 3 amide bonds. The highest BCUT2D eigenvalue weighted by Crippen LogP contribution is 2.09. The first kappa shape index (κ1) is 19.7. The Morgan fingerprint density at radius 1 is 1.04 bits per heavy atom. The minimum Gasteiger partial charge on any atom is -0.450 e. The van der Waals surface area contributed by atoms with Gasteiger partial charge in [0, 0.05) is 45.8 Å². The molecule has 0 unspecified atom stereocenters. The van der Waals surface area contributed by atoms with Crippen LogP contribution in [0.1, 0.15) is 6.92 Å². The van der Waals surface area contributed by atoms with Gasteiger partial charge in [-0.2, -0.15) is 4.31 Å². The van der Waals surface area contributed by atoms with Crippen LogP contribution in [0.25, 0.3) is 0 Å². The number of nitrogens with zero attached hydrogens (tertiary/aromatic N) is 3. The quantitative estimate of drug-likeness (QED) is 0.666. The molecule has 2 rings (SSSR count). The maximum Gasteiger partial charge on any atom is 0.409 e. The Kier molecular flexibility index (Phi) is 7.26. The van der Waals surface area contributed by atoms with Gasteiger partial charge in [-0.3, -0.25) is 0 Å². The normalized spacial score (nSPS) is 19.6. The first-order chi connectivity index (χ1) is 11.9. The fourth-order valence-corrected chi connectivity index (χ4v) is 4.00. The van der Waals surface area contributed by atoms with Gasteiger partial charge in [0.1, 0.15) is 0 Å². The standard InChI is InChI=1S/C14H26N4O6S/c1-2-24-14(20)17-4-6-18(7-5-17)25(21,22)12-3-15-13(19)16-8-10-23-11-9-16/h2-12H2,1H3,(H,15,19). The molecule has 2 saturated heterocycles. The van der Waals surface area contributed by atoms with Crippen LogP contribution in [-0.4, -0.2) is 106 Å². The number of carbonyl (C=O) groups is 2. The Labute approximate surface area is 148 Å². The number of morpholine rings is 1. The average molecular weight is 378 g/mol. The van der Waals surface area contributed by atoms with Gasteiger partial charge in [0.25, 0.3) is 0 Å². The van der Waals surface area contributed by atoms with Crippen LogP contribution in [0.5, 0.6) is 0 Å². The van der Waals surface area contributed by atoms with Crippen molar-refractivity contribution in [1.29, 1.82) is 0 Å². The summed E-state index contributed by atoms with van der Waals surface area (Å²) in [5.41, 5.74) is 0. The minimum atomic E-state index is -3.47. The van der Waals surface area contributed by atoms with Crippen LogP contribution in [0.3, 0.4) is 0 Å². The van der Waals surface area contributed by atoms with E-state index in [9.17, 15) is 18.0 Å². The zero-order valence-electron chi connectivity index (χ0n) is 14.5. The fraction of sp³-hybridized carbons (Fsp3) is 0.857. The maximum absolute atomic E-state index is 12.4. The van der Waals surface area contributed by atoms with Crippen LogP contribution in [0.2, 0.25) is 0 Å². The number of hydrogen-bond acceptors (Lipinski definition) is 6. The summed E-state index contributed by atoms with van der Waals surface area (Å²) in [6.45, 7) is 5.16. The topological polar surface area (TPSA) is 108 Å². The van der Waals surface area contributed by atoms with Crippen LogP contribution in [0.15, 0.2) is 0 Å². The third-order valence-electron chi connectivity index (χ3n) is 4.09. The highest BCUT2D eigenvalue weighted by molar-refractivity contribution is 7.89. The molecular formula is C14H26N4O6S. The Hall–Kier alpha value is -1.59. The summed E-state index contributed by atoms with van der Waals surface area (Å²) in [6, 6.07) is -0.273. The summed E-state index contributed by atoms with van der Waals surface area (Å²) < 4.78 is 36.1. The van der Waals surface area contributed by atoms with Crippen LogP contribution >= 0.6 is 0 Å². The van der Waals surface area contributed by atoms with Crippen LogP contribution in [-0.2, 0) is 19.5 Å². The smallest absolute Gasteiger partial charge is 0.409 e. The van der Waals surface area contributed by atoms with Crippen molar-refractivity contribution in [3.63, 3.8) is 0 Å². The van der Waals surface area contributed by atoms with Crippen LogP contribution in [0.4, 0.5) is 9.59 Å². The molecule has 25 heavy (non-hydrogen) atoms. The summed E-state index contributed by atoms with van der Waals surface area (Å²) in [4.78, 5) is 26.7. The molecule has 0 bridgehead atoms. The molecule has 2 aliphatic heterocycles. The highest BCUT2D eigenvalue weighted by Gasteiger charge is 2.29. The second-order valence-electron chi connectivity index (χ2n) is 5.73. The average Bonchev–Trinajstić information content (AvgIpc) is 2.62. The number of amides is 3. The number of hydrogen-bond donors (Lipinski definition) is 1. The molecule has 144 valence electrons. The minimum absolute atomic E-state index is 0.0522. The molecule has 0 atom stereocenters. The van der Waals surface area contributed by atoms with E-state index in [1.165, 1.54) is 9.21 Å². The van der Waals surface area contributed by atoms with Gasteiger partial charge in [-0.05, 0) is 6.92 Å². The lowest BCUT2D eigenvalue weighted by atomic mass is 10.4. The first-order valence-electron chi connectivity index (χ1n) is 8.44. The van der Waals surface area contributed by atoms with Gasteiger partial charge < -0.3 is 24.6 Å². The second kappa shape index (κ2) is 9.20. The molecule has 2 heterocycles. The molecule has 11 heteroatoms. The van der Waals surface area contributed by atoms with Gasteiger partial charge in [0.05, 0.1) is 25.6 Å². The monoisotopic (exact) mass is 378 g/mol. The molecule has 10 nitrogen and oxygen atoms in total. The second-order valence-corrected chi connectivity index (χ2v) is 7.82. The Balaban J connectivity index is 1.72. The summed E-state index contributed by atoms with van der Waals surface area (Å²) in [5, 5.41) is 2.63. The van der Waals surface area contributed by atoms with Gasteiger partial charge in [-0.25, -0.2) is 18.0 Å². The number of piperazine rings is 1. The van der Waals surface area contributed by atoms with Crippen molar-refractivity contribution in [2.45, 2.75) is 6.92 Å². The van der Waals surface area contributed by atoms with Crippen molar-refractivity contribution >= 4 is 22.1 Å². The number of rotatable bonds is 5. The number of sulfonamides is 1. The van der Waals surface area contributed by atoms with Gasteiger partial charge >= 0.3 is 12.1 Å². The summed E-state index contributed by atoms with van der Waals surface area (Å²) in [7, 11) is -3.47. The molecular weight excluding hydrogens is 352 g/mol. The predicted octanol–water partition coefficient (Wildman–Crippen LogP) is -0.868. The first-order valence-corrected chi connectivity index (χ1v) is 10.0. The van der Waals surface area contributed by atoms with Crippen LogP contribution < -0.4 is 5.32 Å². The van der Waals surface area contributed by atoms with Gasteiger partial charge in [0.2, 0.25) is 10.0 Å². The van der Waals surface area contributed by atoms with Gasteiger partial charge in [0.15, 0.2) is 0 Å². The molecule has 2 aliphatic rings. The lowest BCUT2D eigenvalue weighted by Crippen LogP contribution is -2.52. The Morgan fingerprint density at radius 3 is 2.28 bits per heavy atom. The molecule has 1 N–H and O–H groups in total. The van der Waals surface area contributed by atoms with Crippen molar-refractivity contribution in [1.82, 2.24) is 19.4 Å². The predicted molar refractivity (Wildman–Crippen MR) is 89.7 cm³/mol. The third kappa shape index (κ3) is 5.72. The number of carbonyl (C=O) groups excluding carboxylic acids is 2. The van der Waals surface area contributed by atoms with E-state index in [1.54, 1.807) is 11.8 Å². The zero-order chi connectivity index (χ0) is 18.3. The largest absolute Gasteiger partial charge is 0.450 e. The molecule has 0 saturated carbocycles. The number of nitrogens with one attached hydrogen (secondary N) is 1. The van der Waals surface area contributed by atoms with E-state index < -0.39 is 16.1 Å². The SMILES string of the molecule is CCOC(=O)N1CCN(S(=O)(=O)CCNC(=O)N2CCOCC2)CC1. The van der Waals surface area contributed by atoms with Crippen molar-refractivity contribution < 1.29 is 27.5 Å². The Bertz CT molecular complexity index is 556. The van der Waals surface area contributed by atoms with Crippen molar-refractivity contribution in [3.8, 4) is 0 Å². The number of urea groups is 1. The molecule has 0 aliphatic carbocycles. The summed E-state index contributed by atoms with van der Waals surface area (Å²) >= 11 is 0. The number of ether oxygens (including phenoxy) is 2. The maximum atomic E-state index is 12.4. The molecule has 0 aromatic rings. The van der Waals surface area contributed by atoms with Crippen molar-refractivity contribution in [2.24, 2.45) is 0 Å². The van der Waals surface area contributed by atoms with Crippen LogP contribution in [0, 0.1) is 0 Å². The zero-order valence-corrected chi connectivity index (χ0v) is 15.3. The molecule has 0 aromatic heterocycles. The lowest BCUT2D eigenvalue weighted by Gasteiger charge is -2.33. The lowest BCUT2D eigenvalue weighted by molar-refractivity contribution is 0.0533.